The topological polar surface area (TPSA) is 101 Å². The zero-order chi connectivity index (χ0) is 18.9. The lowest BCUT2D eigenvalue weighted by Gasteiger charge is -2.21. The second kappa shape index (κ2) is 7.05. The Morgan fingerprint density at radius 2 is 1.92 bits per heavy atom. The fourth-order valence-electron chi connectivity index (χ4n) is 2.74. The van der Waals surface area contributed by atoms with E-state index in [1.54, 1.807) is 31.4 Å². The Kier molecular flexibility index (Phi) is 4.97. The molecule has 3 N–H and O–H groups in total. The van der Waals surface area contributed by atoms with Crippen molar-refractivity contribution < 1.29 is 13.2 Å². The number of ether oxygens (including phenoxy) is 1. The summed E-state index contributed by atoms with van der Waals surface area (Å²) in [7, 11) is -2.02. The lowest BCUT2D eigenvalue weighted by Crippen LogP contribution is -2.30. The first-order chi connectivity index (χ1) is 12.3. The van der Waals surface area contributed by atoms with E-state index < -0.39 is 10.0 Å². The maximum absolute atomic E-state index is 12.5. The fourth-order valence-corrected chi connectivity index (χ4v) is 3.79. The van der Waals surface area contributed by atoms with Gasteiger partial charge in [-0.2, -0.15) is 5.10 Å². The van der Waals surface area contributed by atoms with Crippen LogP contribution in [0, 0.1) is 0 Å². The van der Waals surface area contributed by atoms with Gasteiger partial charge in [0, 0.05) is 5.88 Å². The Morgan fingerprint density at radius 3 is 2.50 bits per heavy atom. The predicted octanol–water partition coefficient (Wildman–Crippen LogP) is 2.86. The molecule has 1 heterocycles. The predicted molar refractivity (Wildman–Crippen MR) is 104 cm³/mol. The number of sulfonamides is 1. The molecule has 3 aromatic rings. The van der Waals surface area contributed by atoms with Crippen molar-refractivity contribution in [2.24, 2.45) is 0 Å². The first kappa shape index (κ1) is 18.3. The van der Waals surface area contributed by atoms with Crippen LogP contribution in [0.15, 0.2) is 36.4 Å². The number of hydrogen-bond acceptors (Lipinski definition) is 5. The fraction of sp³-hybridized carbons (Fsp3) is 0.235. The van der Waals surface area contributed by atoms with Crippen LogP contribution >= 0.6 is 11.6 Å². The van der Waals surface area contributed by atoms with Gasteiger partial charge in [-0.25, -0.2) is 12.7 Å². The maximum atomic E-state index is 12.5. The molecule has 0 atom stereocenters. The summed E-state index contributed by atoms with van der Waals surface area (Å²) in [6.07, 6.45) is 1.14. The van der Waals surface area contributed by atoms with Crippen LogP contribution in [0.2, 0.25) is 0 Å². The molecule has 9 heteroatoms. The minimum atomic E-state index is -3.60. The third-order valence-electron chi connectivity index (χ3n) is 4.09. The van der Waals surface area contributed by atoms with Gasteiger partial charge in [-0.3, -0.25) is 5.10 Å². The molecule has 0 amide bonds. The summed E-state index contributed by atoms with van der Waals surface area (Å²) in [5, 5.41) is 7.66. The molecular weight excluding hydrogens is 376 g/mol. The van der Waals surface area contributed by atoms with Gasteiger partial charge in [-0.05, 0) is 29.3 Å². The average molecular weight is 395 g/mol. The molecule has 138 valence electrons. The Bertz CT molecular complexity index is 1030. The molecule has 0 fully saturated rings. The smallest absolute Gasteiger partial charge is 0.233 e. The molecule has 1 aromatic heterocycles. The summed E-state index contributed by atoms with van der Waals surface area (Å²) in [4.78, 5) is 0. The summed E-state index contributed by atoms with van der Waals surface area (Å²) in [5.41, 5.74) is 8.59. The van der Waals surface area contributed by atoms with E-state index in [-0.39, 0.29) is 18.2 Å². The first-order valence-corrected chi connectivity index (χ1v) is 10.2. The normalized spacial score (nSPS) is 11.7. The van der Waals surface area contributed by atoms with Crippen LogP contribution in [-0.2, 0) is 22.4 Å². The number of methoxy groups -OCH3 is 1. The summed E-state index contributed by atoms with van der Waals surface area (Å²) in [5.74, 6) is 1.19. The van der Waals surface area contributed by atoms with Gasteiger partial charge in [0.2, 0.25) is 10.0 Å². The van der Waals surface area contributed by atoms with E-state index in [0.717, 1.165) is 17.4 Å². The van der Waals surface area contributed by atoms with Crippen LogP contribution < -0.4 is 14.8 Å². The van der Waals surface area contributed by atoms with Crippen molar-refractivity contribution in [3.05, 3.63) is 47.5 Å². The summed E-state index contributed by atoms with van der Waals surface area (Å²) < 4.78 is 31.3. The number of aromatic amines is 1. The molecule has 3 rings (SSSR count). The maximum Gasteiger partial charge on any atom is 0.233 e. The highest BCUT2D eigenvalue weighted by Crippen LogP contribution is 2.34. The van der Waals surface area contributed by atoms with E-state index in [4.69, 9.17) is 22.1 Å². The molecule has 0 aliphatic carbocycles. The molecular formula is C17H19ClN4O3S. The number of benzene rings is 2. The minimum Gasteiger partial charge on any atom is -0.497 e. The van der Waals surface area contributed by atoms with Gasteiger partial charge in [0.1, 0.15) is 5.75 Å². The SMILES string of the molecule is COc1ccc(CN(c2n[nH]c3c(N)ccc(CCl)c23)S(C)(=O)=O)cc1. The second-order valence-electron chi connectivity index (χ2n) is 5.86. The zero-order valence-corrected chi connectivity index (χ0v) is 15.9. The zero-order valence-electron chi connectivity index (χ0n) is 14.4. The van der Waals surface area contributed by atoms with Crippen molar-refractivity contribution in [2.75, 3.05) is 23.4 Å². The van der Waals surface area contributed by atoms with Crippen LogP contribution in [0.3, 0.4) is 0 Å². The van der Waals surface area contributed by atoms with Crippen molar-refractivity contribution in [3.8, 4) is 5.75 Å². The number of anilines is 2. The van der Waals surface area contributed by atoms with E-state index in [2.05, 4.69) is 10.2 Å². The monoisotopic (exact) mass is 394 g/mol. The van der Waals surface area contributed by atoms with E-state index in [1.807, 2.05) is 12.1 Å². The molecule has 0 saturated heterocycles. The number of rotatable bonds is 6. The van der Waals surface area contributed by atoms with Gasteiger partial charge in [-0.1, -0.05) is 18.2 Å². The number of nitrogens with one attached hydrogen (secondary N) is 1. The Balaban J connectivity index is 2.12. The third-order valence-corrected chi connectivity index (χ3v) is 5.48. The van der Waals surface area contributed by atoms with Gasteiger partial charge in [0.05, 0.1) is 36.5 Å². The minimum absolute atomic E-state index is 0.124. The lowest BCUT2D eigenvalue weighted by atomic mass is 10.1. The highest BCUT2D eigenvalue weighted by molar-refractivity contribution is 7.92. The van der Waals surface area contributed by atoms with Crippen LogP contribution in [-0.4, -0.2) is 32.0 Å². The number of nitrogens with zero attached hydrogens (tertiary/aromatic N) is 2. The number of alkyl halides is 1. The van der Waals surface area contributed by atoms with Crippen molar-refractivity contribution in [1.82, 2.24) is 10.2 Å². The standard InChI is InChI=1S/C17H19ClN4O3S/c1-25-13-6-3-11(4-7-13)10-22(26(2,23)24)17-15-12(9-18)5-8-14(19)16(15)20-21-17/h3-8H,9-10,19H2,1-2H3,(H,20,21). The number of nitrogens with two attached hydrogens (primary N) is 1. The van der Waals surface area contributed by atoms with Gasteiger partial charge in [-0.15, -0.1) is 11.6 Å². The van der Waals surface area contributed by atoms with Crippen molar-refractivity contribution in [1.29, 1.82) is 0 Å². The van der Waals surface area contributed by atoms with E-state index in [9.17, 15) is 8.42 Å². The molecule has 26 heavy (non-hydrogen) atoms. The number of halogens is 1. The quantitative estimate of drug-likeness (QED) is 0.494. The Labute approximate surface area is 156 Å². The van der Waals surface area contributed by atoms with E-state index >= 15 is 0 Å². The summed E-state index contributed by atoms with van der Waals surface area (Å²) in [6, 6.07) is 10.7. The van der Waals surface area contributed by atoms with Crippen molar-refractivity contribution in [3.63, 3.8) is 0 Å². The van der Waals surface area contributed by atoms with Crippen molar-refractivity contribution in [2.45, 2.75) is 12.4 Å². The van der Waals surface area contributed by atoms with Crippen LogP contribution in [0.4, 0.5) is 11.5 Å². The van der Waals surface area contributed by atoms with Gasteiger partial charge in [0.25, 0.3) is 0 Å². The molecule has 0 radical (unpaired) electrons. The Hall–Kier alpha value is -2.45. The highest BCUT2D eigenvalue weighted by Gasteiger charge is 2.25. The molecule has 0 aliphatic rings. The molecule has 0 unspecified atom stereocenters. The lowest BCUT2D eigenvalue weighted by molar-refractivity contribution is 0.414. The van der Waals surface area contributed by atoms with Crippen LogP contribution in [0.1, 0.15) is 11.1 Å². The number of aromatic nitrogens is 2. The van der Waals surface area contributed by atoms with Crippen LogP contribution in [0.5, 0.6) is 5.75 Å². The molecule has 0 aliphatic heterocycles. The van der Waals surface area contributed by atoms with Crippen molar-refractivity contribution >= 4 is 44.0 Å². The number of H-pyrrole nitrogens is 1. The molecule has 0 spiro atoms. The van der Waals surface area contributed by atoms with Gasteiger partial charge in [0.15, 0.2) is 5.82 Å². The molecule has 0 saturated carbocycles. The van der Waals surface area contributed by atoms with E-state index in [1.165, 1.54) is 4.31 Å². The van der Waals surface area contributed by atoms with Gasteiger partial charge >= 0.3 is 0 Å². The van der Waals surface area contributed by atoms with Crippen LogP contribution in [0.25, 0.3) is 10.9 Å². The number of hydrogen-bond donors (Lipinski definition) is 2. The molecule has 7 nitrogen and oxygen atoms in total. The Morgan fingerprint density at radius 1 is 1.23 bits per heavy atom. The molecule has 0 bridgehead atoms. The average Bonchev–Trinajstić information content (AvgIpc) is 3.05. The summed E-state index contributed by atoms with van der Waals surface area (Å²) in [6.45, 7) is 0.124. The second-order valence-corrected chi connectivity index (χ2v) is 8.04. The van der Waals surface area contributed by atoms with Gasteiger partial charge < -0.3 is 10.5 Å². The third kappa shape index (κ3) is 3.42. The number of nitrogen functional groups attached to an aromatic ring is 1. The number of fused-ring (bicyclic) bond motifs is 1. The highest BCUT2D eigenvalue weighted by atomic mass is 35.5. The summed E-state index contributed by atoms with van der Waals surface area (Å²) >= 11 is 6.04. The first-order valence-electron chi connectivity index (χ1n) is 7.77. The van der Waals surface area contributed by atoms with E-state index in [0.29, 0.717) is 22.3 Å². The molecule has 2 aromatic carbocycles. The largest absolute Gasteiger partial charge is 0.497 e.